The van der Waals surface area contributed by atoms with Crippen LogP contribution in [0.1, 0.15) is 290 Å². The molecule has 0 aromatic rings. The second kappa shape index (κ2) is 48.1. The highest BCUT2D eigenvalue weighted by molar-refractivity contribution is 5.80. The van der Waals surface area contributed by atoms with Gasteiger partial charge in [-0.1, -0.05) is 264 Å². The van der Waals surface area contributed by atoms with E-state index < -0.39 is 36.9 Å². The first-order valence-electron chi connectivity index (χ1n) is 26.6. The summed E-state index contributed by atoms with van der Waals surface area (Å²) in [5.74, 6) is -0.588. The fourth-order valence-corrected chi connectivity index (χ4v) is 8.53. The number of carbonyl (C=O) groups excluding carboxylic acids is 1. The number of amides is 1. The molecular weight excluding hydrogens is 731 g/mol. The van der Waals surface area contributed by atoms with Gasteiger partial charge in [0.15, 0.2) is 0 Å². The maximum atomic E-state index is 12.6. The molecule has 0 spiro atoms. The Kier molecular flexibility index (Phi) is 47.3. The quantitative estimate of drug-likeness (QED) is 0.0310. The minimum absolute atomic E-state index is 0.369. The van der Waals surface area contributed by atoms with Gasteiger partial charge in [-0.25, -0.2) is 0 Å². The Bertz CT molecular complexity index is 852. The molecule has 0 aromatic carbocycles. The molecule has 5 N–H and O–H groups in total. The summed E-state index contributed by atoms with van der Waals surface area (Å²) in [5, 5.41) is 43.8. The third-order valence-electron chi connectivity index (χ3n) is 12.7. The van der Waals surface area contributed by atoms with Crippen molar-refractivity contribution in [3.05, 3.63) is 12.2 Å². The van der Waals surface area contributed by atoms with Crippen LogP contribution in [0.4, 0.5) is 0 Å². The van der Waals surface area contributed by atoms with Crippen molar-refractivity contribution in [2.45, 2.75) is 314 Å². The predicted molar refractivity (Wildman–Crippen MR) is 256 cm³/mol. The van der Waals surface area contributed by atoms with Crippen LogP contribution in [0.15, 0.2) is 12.2 Å². The number of nitrogens with one attached hydrogen (secondary N) is 1. The molecular formula is C53H105NO5. The van der Waals surface area contributed by atoms with E-state index in [1.54, 1.807) is 0 Å². The summed E-state index contributed by atoms with van der Waals surface area (Å²) in [6.45, 7) is 4.07. The minimum atomic E-state index is -1.28. The van der Waals surface area contributed by atoms with Crippen molar-refractivity contribution in [1.82, 2.24) is 5.32 Å². The molecule has 6 nitrogen and oxygen atoms in total. The Balaban J connectivity index is 3.59. The molecule has 352 valence electrons. The minimum Gasteiger partial charge on any atom is -0.394 e. The van der Waals surface area contributed by atoms with E-state index in [4.69, 9.17) is 0 Å². The average Bonchev–Trinajstić information content (AvgIpc) is 3.24. The fourth-order valence-electron chi connectivity index (χ4n) is 8.53. The van der Waals surface area contributed by atoms with Crippen LogP contribution in [-0.4, -0.2) is 57.3 Å². The van der Waals surface area contributed by atoms with Crippen molar-refractivity contribution in [2.24, 2.45) is 0 Å². The zero-order valence-electron chi connectivity index (χ0n) is 39.8. The van der Waals surface area contributed by atoms with Crippen LogP contribution < -0.4 is 5.32 Å². The Labute approximate surface area is 368 Å². The highest BCUT2D eigenvalue weighted by Gasteiger charge is 2.28. The van der Waals surface area contributed by atoms with Crippen molar-refractivity contribution < 1.29 is 25.2 Å². The van der Waals surface area contributed by atoms with Gasteiger partial charge in [0.2, 0.25) is 5.91 Å². The van der Waals surface area contributed by atoms with Gasteiger partial charge in [-0.2, -0.15) is 0 Å². The Morgan fingerprint density at radius 3 is 1.02 bits per heavy atom. The Hall–Kier alpha value is -0.950. The standard InChI is InChI=1S/C53H105NO5/c1-3-5-7-9-11-13-15-17-19-20-21-22-23-24-25-26-27-28-29-30-31-33-35-37-39-41-43-45-47-51(57)53(59)54-49(48-55)52(58)50(56)46-44-42-40-38-36-34-32-18-16-14-12-10-8-6-4-2/h38,40,49-52,55-58H,3-37,39,41-48H2,1-2H3,(H,54,59)/b40-38+. The van der Waals surface area contributed by atoms with Crippen LogP contribution in [0, 0.1) is 0 Å². The highest BCUT2D eigenvalue weighted by Crippen LogP contribution is 2.18. The lowest BCUT2D eigenvalue weighted by molar-refractivity contribution is -0.132. The van der Waals surface area contributed by atoms with Gasteiger partial charge in [0, 0.05) is 0 Å². The second-order valence-corrected chi connectivity index (χ2v) is 18.6. The van der Waals surface area contributed by atoms with Gasteiger partial charge in [0.05, 0.1) is 18.8 Å². The highest BCUT2D eigenvalue weighted by atomic mass is 16.3. The van der Waals surface area contributed by atoms with E-state index in [0.29, 0.717) is 12.8 Å². The predicted octanol–water partition coefficient (Wildman–Crippen LogP) is 14.9. The largest absolute Gasteiger partial charge is 0.394 e. The fraction of sp³-hybridized carbons (Fsp3) is 0.943. The number of rotatable bonds is 49. The third-order valence-corrected chi connectivity index (χ3v) is 12.7. The molecule has 0 aliphatic carbocycles. The smallest absolute Gasteiger partial charge is 0.249 e. The molecule has 0 heterocycles. The van der Waals surface area contributed by atoms with Crippen molar-refractivity contribution in [3.63, 3.8) is 0 Å². The molecule has 4 unspecified atom stereocenters. The normalized spacial score (nSPS) is 13.9. The first kappa shape index (κ1) is 58.0. The molecule has 0 aromatic heterocycles. The zero-order chi connectivity index (χ0) is 43.1. The van der Waals surface area contributed by atoms with Gasteiger partial charge < -0.3 is 25.7 Å². The van der Waals surface area contributed by atoms with E-state index in [9.17, 15) is 25.2 Å². The average molecular weight is 836 g/mol. The van der Waals surface area contributed by atoms with E-state index in [-0.39, 0.29) is 0 Å². The molecule has 0 aliphatic heterocycles. The lowest BCUT2D eigenvalue weighted by atomic mass is 10.00. The van der Waals surface area contributed by atoms with Crippen molar-refractivity contribution in [1.29, 1.82) is 0 Å². The molecule has 4 atom stereocenters. The second-order valence-electron chi connectivity index (χ2n) is 18.6. The van der Waals surface area contributed by atoms with Gasteiger partial charge >= 0.3 is 0 Å². The van der Waals surface area contributed by atoms with E-state index in [2.05, 4.69) is 31.3 Å². The van der Waals surface area contributed by atoms with Gasteiger partial charge in [-0.05, 0) is 38.5 Å². The first-order chi connectivity index (χ1) is 29.0. The van der Waals surface area contributed by atoms with E-state index in [1.165, 1.54) is 225 Å². The van der Waals surface area contributed by atoms with E-state index in [1.807, 2.05) is 0 Å². The molecule has 0 bridgehead atoms. The molecule has 6 heteroatoms. The van der Waals surface area contributed by atoms with Crippen LogP contribution in [0.5, 0.6) is 0 Å². The summed E-state index contributed by atoms with van der Waals surface area (Å²) in [5.41, 5.74) is 0. The van der Waals surface area contributed by atoms with Gasteiger partial charge in [-0.3, -0.25) is 4.79 Å². The molecule has 0 saturated carbocycles. The van der Waals surface area contributed by atoms with E-state index >= 15 is 0 Å². The third kappa shape index (κ3) is 42.1. The summed E-state index contributed by atoms with van der Waals surface area (Å²) >= 11 is 0. The molecule has 0 fully saturated rings. The Morgan fingerprint density at radius 2 is 0.695 bits per heavy atom. The maximum Gasteiger partial charge on any atom is 0.249 e. The van der Waals surface area contributed by atoms with Crippen molar-refractivity contribution in [3.8, 4) is 0 Å². The summed E-state index contributed by atoms with van der Waals surface area (Å²) in [4.78, 5) is 12.6. The Morgan fingerprint density at radius 1 is 0.407 bits per heavy atom. The number of hydrogen-bond acceptors (Lipinski definition) is 5. The molecule has 0 rings (SSSR count). The zero-order valence-corrected chi connectivity index (χ0v) is 39.8. The molecule has 0 radical (unpaired) electrons. The van der Waals surface area contributed by atoms with Gasteiger partial charge in [0.25, 0.3) is 0 Å². The van der Waals surface area contributed by atoms with Gasteiger partial charge in [0.1, 0.15) is 12.2 Å². The van der Waals surface area contributed by atoms with Crippen LogP contribution in [-0.2, 0) is 4.79 Å². The summed E-state index contributed by atoms with van der Waals surface area (Å²) in [6.07, 6.45) is 55.7. The molecule has 59 heavy (non-hydrogen) atoms. The maximum absolute atomic E-state index is 12.6. The van der Waals surface area contributed by atoms with Crippen LogP contribution in [0.3, 0.4) is 0 Å². The number of aliphatic hydroxyl groups is 4. The number of allylic oxidation sites excluding steroid dienone is 2. The van der Waals surface area contributed by atoms with Crippen LogP contribution >= 0.6 is 0 Å². The molecule has 1 amide bonds. The topological polar surface area (TPSA) is 110 Å². The SMILES string of the molecule is CCCCCCCCCCCC/C=C/CCCC(O)C(O)C(CO)NC(=O)C(O)CCCCCCCCCCCCCCCCCCCCCCCCCCCCCC. The van der Waals surface area contributed by atoms with Gasteiger partial charge in [-0.15, -0.1) is 0 Å². The molecule has 0 saturated heterocycles. The number of hydrogen-bond donors (Lipinski definition) is 5. The number of carbonyl (C=O) groups is 1. The van der Waals surface area contributed by atoms with Crippen LogP contribution in [0.25, 0.3) is 0 Å². The summed E-state index contributed by atoms with van der Waals surface area (Å²) in [6, 6.07) is -0.998. The summed E-state index contributed by atoms with van der Waals surface area (Å²) < 4.78 is 0. The van der Waals surface area contributed by atoms with Crippen LogP contribution in [0.2, 0.25) is 0 Å². The number of aliphatic hydroxyl groups excluding tert-OH is 4. The van der Waals surface area contributed by atoms with E-state index in [0.717, 1.165) is 38.5 Å². The summed E-state index contributed by atoms with van der Waals surface area (Å²) in [7, 11) is 0. The molecule has 0 aliphatic rings. The monoisotopic (exact) mass is 836 g/mol. The lowest BCUT2D eigenvalue weighted by Crippen LogP contribution is -2.53. The lowest BCUT2D eigenvalue weighted by Gasteiger charge is -2.27. The van der Waals surface area contributed by atoms with Crippen molar-refractivity contribution >= 4 is 5.91 Å². The number of unbranched alkanes of at least 4 members (excludes halogenated alkanes) is 38. The first-order valence-corrected chi connectivity index (χ1v) is 26.6. The van der Waals surface area contributed by atoms with Crippen molar-refractivity contribution in [2.75, 3.05) is 6.61 Å².